The van der Waals surface area contributed by atoms with E-state index < -0.39 is 0 Å². The molecular weight excluding hydrogens is 324 g/mol. The van der Waals surface area contributed by atoms with E-state index in [-0.39, 0.29) is 5.91 Å². The summed E-state index contributed by atoms with van der Waals surface area (Å²) < 4.78 is 0. The minimum Gasteiger partial charge on any atom is -0.352 e. The number of carbonyl (C=O) groups excluding carboxylic acids is 1. The first-order chi connectivity index (χ1) is 12.6. The minimum absolute atomic E-state index is 0.00913. The first kappa shape index (κ1) is 18.1. The third kappa shape index (κ3) is 4.92. The number of fused-ring (bicyclic) bond motifs is 1. The van der Waals surface area contributed by atoms with Crippen molar-refractivity contribution < 1.29 is 4.79 Å². The number of amides is 1. The van der Waals surface area contributed by atoms with Crippen molar-refractivity contribution in [3.05, 3.63) is 65.5 Å². The van der Waals surface area contributed by atoms with E-state index >= 15 is 0 Å². The highest BCUT2D eigenvalue weighted by Gasteiger charge is 2.07. The average Bonchev–Trinajstić information content (AvgIpc) is 3.04. The number of hydrogen-bond donors (Lipinski definition) is 2. The zero-order valence-electron chi connectivity index (χ0n) is 15.5. The molecule has 0 saturated heterocycles. The van der Waals surface area contributed by atoms with Gasteiger partial charge in [0.2, 0.25) is 0 Å². The fraction of sp³-hybridized carbons (Fsp3) is 0.333. The Morgan fingerprint density at radius 2 is 1.85 bits per heavy atom. The van der Waals surface area contributed by atoms with E-state index in [0.29, 0.717) is 12.1 Å². The molecule has 136 valence electrons. The molecule has 1 heterocycles. The lowest BCUT2D eigenvalue weighted by Gasteiger charge is -2.09. The molecule has 0 fully saturated rings. The van der Waals surface area contributed by atoms with E-state index in [1.54, 1.807) is 0 Å². The normalized spacial score (nSPS) is 11.2. The summed E-state index contributed by atoms with van der Waals surface area (Å²) in [5.41, 5.74) is 3.86. The molecule has 5 heteroatoms. The van der Waals surface area contributed by atoms with Gasteiger partial charge in [0.25, 0.3) is 5.91 Å². The first-order valence-electron chi connectivity index (χ1n) is 9.07. The Hall–Kier alpha value is -2.66. The number of imidazole rings is 1. The number of benzene rings is 2. The molecule has 0 aliphatic heterocycles. The van der Waals surface area contributed by atoms with Crippen molar-refractivity contribution >= 4 is 16.9 Å². The summed E-state index contributed by atoms with van der Waals surface area (Å²) in [6, 6.07) is 15.8. The van der Waals surface area contributed by atoms with Crippen LogP contribution in [0.4, 0.5) is 0 Å². The molecular formula is C21H26N4O. The number of aromatic amines is 1. The summed E-state index contributed by atoms with van der Waals surface area (Å²) in [5, 5.41) is 2.98. The predicted molar refractivity (Wildman–Crippen MR) is 105 cm³/mol. The average molecular weight is 350 g/mol. The first-order valence-corrected chi connectivity index (χ1v) is 9.07. The van der Waals surface area contributed by atoms with E-state index in [2.05, 4.69) is 34.3 Å². The van der Waals surface area contributed by atoms with Crippen molar-refractivity contribution in [2.24, 2.45) is 0 Å². The monoisotopic (exact) mass is 350 g/mol. The summed E-state index contributed by atoms with van der Waals surface area (Å²) in [6.45, 7) is 1.76. The molecule has 3 rings (SSSR count). The zero-order valence-corrected chi connectivity index (χ0v) is 15.5. The number of aromatic nitrogens is 2. The molecule has 0 unspecified atom stereocenters. The van der Waals surface area contributed by atoms with E-state index in [0.717, 1.165) is 48.2 Å². The maximum atomic E-state index is 12.2. The van der Waals surface area contributed by atoms with Gasteiger partial charge in [-0.05, 0) is 63.3 Å². The molecule has 0 atom stereocenters. The fourth-order valence-electron chi connectivity index (χ4n) is 2.91. The second kappa shape index (κ2) is 8.63. The molecule has 2 aromatic carbocycles. The molecule has 2 N–H and O–H groups in total. The van der Waals surface area contributed by atoms with Crippen molar-refractivity contribution in [2.45, 2.75) is 19.3 Å². The molecule has 3 aromatic rings. The quantitative estimate of drug-likeness (QED) is 0.613. The maximum absolute atomic E-state index is 12.2. The number of nitrogens with one attached hydrogen (secondary N) is 2. The lowest BCUT2D eigenvalue weighted by Crippen LogP contribution is -2.25. The Kier molecular flexibility index (Phi) is 6.02. The number of H-pyrrole nitrogens is 1. The van der Waals surface area contributed by atoms with Crippen molar-refractivity contribution in [1.82, 2.24) is 20.2 Å². The lowest BCUT2D eigenvalue weighted by atomic mass is 10.1. The van der Waals surface area contributed by atoms with Gasteiger partial charge in [-0.25, -0.2) is 4.98 Å². The molecule has 5 nitrogen and oxygen atoms in total. The largest absolute Gasteiger partial charge is 0.352 e. The number of nitrogens with zero attached hydrogens (tertiary/aromatic N) is 2. The van der Waals surface area contributed by atoms with Crippen LogP contribution >= 0.6 is 0 Å². The molecule has 0 bridgehead atoms. The topological polar surface area (TPSA) is 61.0 Å². The highest BCUT2D eigenvalue weighted by atomic mass is 16.1. The van der Waals surface area contributed by atoms with Crippen molar-refractivity contribution in [1.29, 1.82) is 0 Å². The zero-order chi connectivity index (χ0) is 18.4. The SMILES string of the molecule is CN(C)CCCCNC(=O)c1ccc(Cc2nc3ccccc3[nH]2)cc1. The van der Waals surface area contributed by atoms with Crippen LogP contribution < -0.4 is 5.32 Å². The Morgan fingerprint density at radius 1 is 1.08 bits per heavy atom. The Bertz CT molecular complexity index is 819. The fourth-order valence-corrected chi connectivity index (χ4v) is 2.91. The highest BCUT2D eigenvalue weighted by molar-refractivity contribution is 5.94. The predicted octanol–water partition coefficient (Wildman–Crippen LogP) is 3.23. The van der Waals surface area contributed by atoms with Crippen molar-refractivity contribution in [2.75, 3.05) is 27.2 Å². The number of hydrogen-bond acceptors (Lipinski definition) is 3. The number of para-hydroxylation sites is 2. The van der Waals surface area contributed by atoms with Gasteiger partial charge in [-0.2, -0.15) is 0 Å². The van der Waals surface area contributed by atoms with Crippen LogP contribution in [0.25, 0.3) is 11.0 Å². The van der Waals surface area contributed by atoms with E-state index in [4.69, 9.17) is 0 Å². The molecule has 26 heavy (non-hydrogen) atoms. The molecule has 0 aliphatic carbocycles. The number of unbranched alkanes of at least 4 members (excludes halogenated alkanes) is 1. The number of carbonyl (C=O) groups is 1. The van der Waals surface area contributed by atoms with Crippen LogP contribution in [0.3, 0.4) is 0 Å². The van der Waals surface area contributed by atoms with Crippen molar-refractivity contribution in [3.63, 3.8) is 0 Å². The van der Waals surface area contributed by atoms with Crippen molar-refractivity contribution in [3.8, 4) is 0 Å². The minimum atomic E-state index is -0.00913. The Balaban J connectivity index is 1.52. The van der Waals surface area contributed by atoms with Crippen LogP contribution in [0, 0.1) is 0 Å². The Morgan fingerprint density at radius 3 is 2.58 bits per heavy atom. The van der Waals surface area contributed by atoms with Gasteiger partial charge in [0, 0.05) is 18.5 Å². The molecule has 1 amide bonds. The van der Waals surface area contributed by atoms with Gasteiger partial charge in [-0.1, -0.05) is 24.3 Å². The summed E-state index contributed by atoms with van der Waals surface area (Å²) >= 11 is 0. The molecule has 0 saturated carbocycles. The van der Waals surface area contributed by atoms with Gasteiger partial charge in [-0.3, -0.25) is 4.79 Å². The maximum Gasteiger partial charge on any atom is 0.251 e. The van der Waals surface area contributed by atoms with Gasteiger partial charge in [0.1, 0.15) is 5.82 Å². The lowest BCUT2D eigenvalue weighted by molar-refractivity contribution is 0.0953. The third-order valence-corrected chi connectivity index (χ3v) is 4.34. The number of rotatable bonds is 8. The van der Waals surface area contributed by atoms with Crippen LogP contribution in [-0.4, -0.2) is 48.0 Å². The molecule has 0 radical (unpaired) electrons. The standard InChI is InChI=1S/C21H26N4O/c1-25(2)14-6-5-13-22-21(26)17-11-9-16(10-12-17)15-20-23-18-7-3-4-8-19(18)24-20/h3-4,7-12H,5-6,13-15H2,1-2H3,(H,22,26)(H,23,24). The van der Waals surface area contributed by atoms with Gasteiger partial charge in [-0.15, -0.1) is 0 Å². The second-order valence-electron chi connectivity index (χ2n) is 6.84. The Labute approximate surface area is 154 Å². The molecule has 0 aliphatic rings. The summed E-state index contributed by atoms with van der Waals surface area (Å²) in [4.78, 5) is 22.3. The smallest absolute Gasteiger partial charge is 0.251 e. The van der Waals surface area contributed by atoms with Crippen LogP contribution in [0.5, 0.6) is 0 Å². The van der Waals surface area contributed by atoms with Gasteiger partial charge < -0.3 is 15.2 Å². The van der Waals surface area contributed by atoms with Crippen LogP contribution in [-0.2, 0) is 6.42 Å². The van der Waals surface area contributed by atoms with Crippen LogP contribution in [0.1, 0.15) is 34.6 Å². The second-order valence-corrected chi connectivity index (χ2v) is 6.84. The molecule has 1 aromatic heterocycles. The van der Waals surface area contributed by atoms with Gasteiger partial charge >= 0.3 is 0 Å². The summed E-state index contributed by atoms with van der Waals surface area (Å²) in [7, 11) is 4.12. The summed E-state index contributed by atoms with van der Waals surface area (Å²) in [6.07, 6.45) is 2.80. The van der Waals surface area contributed by atoms with Gasteiger partial charge in [0.05, 0.1) is 11.0 Å². The van der Waals surface area contributed by atoms with Crippen LogP contribution in [0.2, 0.25) is 0 Å². The van der Waals surface area contributed by atoms with E-state index in [1.807, 2.05) is 48.5 Å². The summed E-state index contributed by atoms with van der Waals surface area (Å²) in [5.74, 6) is 0.925. The third-order valence-electron chi connectivity index (χ3n) is 4.34. The van der Waals surface area contributed by atoms with Gasteiger partial charge in [0.15, 0.2) is 0 Å². The highest BCUT2D eigenvalue weighted by Crippen LogP contribution is 2.14. The van der Waals surface area contributed by atoms with E-state index in [9.17, 15) is 4.79 Å². The molecule has 0 spiro atoms. The van der Waals surface area contributed by atoms with Crippen LogP contribution in [0.15, 0.2) is 48.5 Å². The van der Waals surface area contributed by atoms with E-state index in [1.165, 1.54) is 0 Å².